The summed E-state index contributed by atoms with van der Waals surface area (Å²) in [5.74, 6) is -4.08. The van der Waals surface area contributed by atoms with Crippen LogP contribution >= 0.6 is 0 Å². The van der Waals surface area contributed by atoms with Crippen molar-refractivity contribution in [1.82, 2.24) is 50.2 Å². The number of nitrogens with one attached hydrogen (secondary N) is 2. The molecule has 2 aliphatic rings. The van der Waals surface area contributed by atoms with Crippen LogP contribution in [0.25, 0.3) is 55.5 Å². The summed E-state index contributed by atoms with van der Waals surface area (Å²) in [6, 6.07) is 12.9. The molecule has 8 rings (SSSR count). The molecule has 561 valence electrons. The van der Waals surface area contributed by atoms with E-state index in [2.05, 4.69) is 44.1 Å². The van der Waals surface area contributed by atoms with Gasteiger partial charge in [-0.2, -0.15) is 9.97 Å². The minimum absolute atomic E-state index is 0. The fourth-order valence-electron chi connectivity index (χ4n) is 10.7. The Labute approximate surface area is 635 Å². The van der Waals surface area contributed by atoms with Crippen LogP contribution in [0.4, 0.5) is 17.5 Å². The Morgan fingerprint density at radius 3 is 1.72 bits per heavy atom. The molecule has 0 saturated carbocycles. The second-order valence-corrected chi connectivity index (χ2v) is 23.2. The van der Waals surface area contributed by atoms with Crippen molar-refractivity contribution >= 4 is 103 Å². The number of benzene rings is 2. The number of hydrogen-bond donors (Lipinski definition) is 5. The molecule has 1 atom stereocenters. The number of esters is 1. The average Bonchev–Trinajstić information content (AvgIpc) is 1.61. The molecule has 104 heavy (non-hydrogen) atoms. The number of carbonyl (C=O) groups is 5. The molecule has 1 radical (unpaired) electrons. The second kappa shape index (κ2) is 45.4. The largest absolute Gasteiger partial charge is 3.00 e. The number of aryl methyl sites for hydroxylation is 2. The number of carboxylic acids is 3. The number of methoxy groups -OCH3 is 2. The maximum atomic E-state index is 13.9. The zero-order valence-corrected chi connectivity index (χ0v) is 62.4. The quantitative estimate of drug-likeness (QED) is 0.0269. The maximum absolute atomic E-state index is 13.9. The van der Waals surface area contributed by atoms with E-state index in [0.717, 1.165) is 75.6 Å². The van der Waals surface area contributed by atoms with Crippen LogP contribution in [0.15, 0.2) is 67.1 Å². The van der Waals surface area contributed by atoms with Crippen LogP contribution in [-0.2, 0) is 65.3 Å². The van der Waals surface area contributed by atoms with Crippen molar-refractivity contribution < 1.29 is 127 Å². The summed E-state index contributed by atoms with van der Waals surface area (Å²) in [5, 5.41) is 42.2. The van der Waals surface area contributed by atoms with Crippen LogP contribution in [0.2, 0.25) is 0 Å². The predicted molar refractivity (Wildman–Crippen MR) is 379 cm³/mol. The van der Waals surface area contributed by atoms with Crippen LogP contribution in [0, 0.1) is 46.9 Å². The maximum Gasteiger partial charge on any atom is 3.00 e. The Kier molecular flexibility index (Phi) is 37.5. The van der Waals surface area contributed by atoms with Gasteiger partial charge >= 0.3 is 45.9 Å². The number of rotatable bonds is 38. The Hall–Kier alpha value is -8.83. The van der Waals surface area contributed by atoms with Crippen molar-refractivity contribution in [2.45, 2.75) is 105 Å². The minimum Gasteiger partial charge on any atom is -0.550 e. The van der Waals surface area contributed by atoms with E-state index in [4.69, 9.17) is 93.8 Å². The van der Waals surface area contributed by atoms with Crippen molar-refractivity contribution in [3.63, 3.8) is 0 Å². The third kappa shape index (κ3) is 27.3. The zero-order valence-electron chi connectivity index (χ0n) is 60.1. The van der Waals surface area contributed by atoms with E-state index in [-0.39, 0.29) is 109 Å². The number of hydrogen-bond acceptors (Lipinski definition) is 29. The number of aliphatic carboxylic acids is 3. The molecule has 6 bridgehead atoms. The van der Waals surface area contributed by atoms with Gasteiger partial charge in [-0.05, 0) is 149 Å². The third-order valence-electron chi connectivity index (χ3n) is 15.7. The molecule has 7 N–H and O–H groups in total. The fourth-order valence-corrected chi connectivity index (χ4v) is 10.7. The Morgan fingerprint density at radius 1 is 0.625 bits per heavy atom. The number of nitrogens with zero attached hydrogens (tertiary/aromatic N) is 9. The van der Waals surface area contributed by atoms with Crippen LogP contribution in [-0.4, -0.2) is 200 Å². The predicted octanol–water partition coefficient (Wildman–Crippen LogP) is 4.05. The van der Waals surface area contributed by atoms with Gasteiger partial charge in [-0.3, -0.25) is 14.8 Å². The first-order valence-electron chi connectivity index (χ1n) is 33.6. The van der Waals surface area contributed by atoms with Crippen LogP contribution < -0.4 is 46.5 Å². The molecule has 0 unspecified atom stereocenters. The number of ether oxygens (including phenoxy) is 9. The number of aliphatic hydroxyl groups excluding tert-OH is 1. The molecule has 0 aliphatic carbocycles. The zero-order chi connectivity index (χ0) is 74.8. The van der Waals surface area contributed by atoms with Gasteiger partial charge in [0.25, 0.3) is 5.91 Å². The first kappa shape index (κ1) is 85.8. The molecule has 31 nitrogen and oxygen atoms in total. The minimum atomic E-state index is -1.39. The van der Waals surface area contributed by atoms with Crippen LogP contribution in [0.5, 0.6) is 11.5 Å². The van der Waals surface area contributed by atoms with E-state index in [0.29, 0.717) is 143 Å². The first-order valence-corrected chi connectivity index (χ1v) is 33.6. The van der Waals surface area contributed by atoms with Gasteiger partial charge in [0.2, 0.25) is 5.95 Å². The molecule has 6 aromatic rings. The van der Waals surface area contributed by atoms with E-state index < -0.39 is 42.2 Å². The molecule has 2 aromatic carbocycles. The van der Waals surface area contributed by atoms with Crippen molar-refractivity contribution in [2.75, 3.05) is 130 Å². The van der Waals surface area contributed by atoms with E-state index in [1.165, 1.54) is 0 Å². The number of nitrogen functional groups attached to an aromatic ring is 2. The normalized spacial score (nSPS) is 11.9. The average molecular weight is 1580 g/mol. The number of carbonyl (C=O) groups excluding carboxylic acids is 5. The topological polar surface area (TPSA) is 444 Å². The number of carboxylic acid groups (broad SMARTS) is 3. The van der Waals surface area contributed by atoms with E-state index >= 15 is 0 Å². The van der Waals surface area contributed by atoms with Crippen LogP contribution in [0.1, 0.15) is 130 Å². The number of allylic oxidation sites excluding steroid dienone is 4. The van der Waals surface area contributed by atoms with Gasteiger partial charge in [-0.15, -0.1) is 0 Å². The number of amides is 1. The molecule has 6 heterocycles. The molecule has 1 amide bonds. The Balaban J connectivity index is 0.00000205. The molecule has 0 saturated heterocycles. The van der Waals surface area contributed by atoms with Gasteiger partial charge < -0.3 is 104 Å². The van der Waals surface area contributed by atoms with E-state index in [1.807, 2.05) is 37.9 Å². The van der Waals surface area contributed by atoms with Gasteiger partial charge in [0.05, 0.1) is 143 Å². The Morgan fingerprint density at radius 2 is 1.16 bits per heavy atom. The Bertz CT molecular complexity index is 4100. The smallest absolute Gasteiger partial charge is 0.550 e. The summed E-state index contributed by atoms with van der Waals surface area (Å²) in [6.45, 7) is 14.7. The summed E-state index contributed by atoms with van der Waals surface area (Å²) < 4.78 is 51.5. The summed E-state index contributed by atoms with van der Waals surface area (Å²) in [7, 11) is 5.07. The number of anilines is 3. The number of H-pyrrole nitrogens is 1. The van der Waals surface area contributed by atoms with Gasteiger partial charge in [0.15, 0.2) is 28.5 Å². The van der Waals surface area contributed by atoms with Gasteiger partial charge in [0.1, 0.15) is 19.3 Å². The van der Waals surface area contributed by atoms with Crippen molar-refractivity contribution in [1.29, 1.82) is 0 Å². The molecule has 32 heteroatoms. The van der Waals surface area contributed by atoms with Gasteiger partial charge in [-0.1, -0.05) is 13.8 Å². The third-order valence-corrected chi connectivity index (χ3v) is 15.7. The number of fused-ring (bicyclic) bond motifs is 8. The summed E-state index contributed by atoms with van der Waals surface area (Å²) in [6.07, 6.45) is 7.50. The monoisotopic (exact) mass is 1580 g/mol. The first-order chi connectivity index (χ1) is 49.6. The van der Waals surface area contributed by atoms with Crippen LogP contribution in [0.3, 0.4) is 0 Å². The van der Waals surface area contributed by atoms with Crippen molar-refractivity contribution in [3.05, 3.63) is 112 Å². The summed E-state index contributed by atoms with van der Waals surface area (Å²) >= 11 is 0. The van der Waals surface area contributed by atoms with Crippen molar-refractivity contribution in [2.24, 2.45) is 0 Å². The van der Waals surface area contributed by atoms with Gasteiger partial charge in [-0.25, -0.2) is 24.7 Å². The van der Waals surface area contributed by atoms with E-state index in [1.54, 1.807) is 69.2 Å². The van der Waals surface area contributed by atoms with E-state index in [9.17, 15) is 24.6 Å². The number of aliphatic hydroxyl groups is 1. The molecule has 4 aromatic heterocycles. The molecule has 0 fully saturated rings. The number of aromatic amines is 1. The molecule has 2 aliphatic heterocycles. The second-order valence-electron chi connectivity index (χ2n) is 23.2. The molecular formula is C72H92GdN13O18. The standard InChI is InChI=1S/C68H87N13O14.2C2H4O2.Gd/c1-8-47-48(9-2)53-35-55-50(13-11-21-95-67(86)51(18-19-62(83)84)78-66(85)44-14-16-46(17-15-44)81(5)41-45-38-73-65-63(74-45)64(69)79-68(70)80-65)43(4)59(77-55)40-72-57-37-61(94-33-31-92-29-27-90-25-23-88-7)60(93-32-30-91-28-26-89-24-22-87-6)36-56(57)71-39-58-42(3)49(12-10-20-82)54(76-58)34-52(47)75-53;2*1-2(3)4;/h14-17,34-40,51,77,82H,8-13,18-33,41H2,1-7H3,(H,78,85)(H,83,84)(H4,69,70,73,79,80);2*1H3,(H,3,4);/q;;;+3/p-3/t51-;;;/m1.../s1. The molecule has 0 spiro atoms. The van der Waals surface area contributed by atoms with Crippen molar-refractivity contribution in [3.8, 4) is 11.5 Å². The summed E-state index contributed by atoms with van der Waals surface area (Å²) in [5.41, 5.74) is 25.0. The number of nitrogens with two attached hydrogens (primary N) is 2. The fraction of sp³-hybridized carbons (Fsp3) is 0.458. The SMILES string of the molecule is CC(=O)[O-].CC(=O)[O-].CCC1=C(CC)c2cc3[nH]c(cnc4cc(OCCOCCOCCOC)c(OCCOCCOCCOC)cc4ncc4nc(cc1n2)C(CCCO)=C4C)c(C)c3CCCOC(=O)[C@@H](CCC(=O)[O-])NC(=O)c1ccc(N(C)Cc2cnc3nc(N)nc(N)c3n2)cc1.[Gd+3]. The van der Waals surface area contributed by atoms with Gasteiger partial charge in [0, 0.05) is 74.7 Å². The molecular weight excluding hydrogens is 1490 g/mol. The number of aromatic nitrogens is 9. The summed E-state index contributed by atoms with van der Waals surface area (Å²) in [4.78, 5) is 100.